The summed E-state index contributed by atoms with van der Waals surface area (Å²) in [6.07, 6.45) is -0.361. The van der Waals surface area contributed by atoms with Crippen LogP contribution in [0, 0.1) is 0 Å². The van der Waals surface area contributed by atoms with Gasteiger partial charge in [-0.15, -0.1) is 5.10 Å². The third-order valence-corrected chi connectivity index (χ3v) is 6.11. The zero-order valence-corrected chi connectivity index (χ0v) is 27.7. The molecule has 0 aliphatic rings. The number of carbonyl (C=O) groups excluding carboxylic acids is 3. The first-order chi connectivity index (χ1) is 20.8. The van der Waals surface area contributed by atoms with E-state index < -0.39 is 35.5 Å². The molecule has 0 saturated heterocycles. The molecule has 0 aliphatic heterocycles. The molecule has 0 fully saturated rings. The number of aryl methyl sites for hydroxylation is 1. The van der Waals surface area contributed by atoms with E-state index >= 15 is 0 Å². The van der Waals surface area contributed by atoms with E-state index in [-0.39, 0.29) is 28.8 Å². The van der Waals surface area contributed by atoms with Crippen LogP contribution in [0.1, 0.15) is 71.4 Å². The number of halogens is 1. The van der Waals surface area contributed by atoms with Crippen molar-refractivity contribution in [3.8, 4) is 0 Å². The van der Waals surface area contributed by atoms with Gasteiger partial charge >= 0.3 is 23.8 Å². The zero-order valence-electron chi connectivity index (χ0n) is 27.0. The van der Waals surface area contributed by atoms with Crippen molar-refractivity contribution in [1.29, 1.82) is 0 Å². The Morgan fingerprint density at radius 2 is 1.73 bits per heavy atom. The lowest BCUT2D eigenvalue weighted by molar-refractivity contribution is -0.583. The monoisotopic (exact) mass is 645 g/mol. The number of ether oxygens (including phenoxy) is 3. The molecule has 1 N–H and O–H groups in total. The molecule has 3 aromatic heterocycles. The number of imidazole rings is 1. The summed E-state index contributed by atoms with van der Waals surface area (Å²) in [5.74, 6) is -0.686. The Kier molecular flexibility index (Phi) is 9.15. The highest BCUT2D eigenvalue weighted by Gasteiger charge is 2.34. The summed E-state index contributed by atoms with van der Waals surface area (Å²) in [4.78, 5) is 46.2. The number of anilines is 2. The van der Waals surface area contributed by atoms with Gasteiger partial charge < -0.3 is 19.0 Å². The molecular formula is C29H38ClN8O7+. The average Bonchev–Trinajstić information content (AvgIpc) is 3.44. The smallest absolute Gasteiger partial charge is 0.414 e. The first-order valence-electron chi connectivity index (χ1n) is 14.1. The number of aromatic nitrogens is 6. The number of rotatable bonds is 7. The Bertz CT molecular complexity index is 1770. The minimum absolute atomic E-state index is 0.00118. The molecule has 0 unspecified atom stereocenters. The van der Waals surface area contributed by atoms with Crippen molar-refractivity contribution in [3.63, 3.8) is 0 Å². The molecule has 0 spiro atoms. The van der Waals surface area contributed by atoms with Gasteiger partial charge in [0.25, 0.3) is 5.69 Å². The standard InChI is InChI=1S/C29H37ClN8O7/c1-16(2)43-25(39)21-14-37(24-20(13-22(30)33-38(21)24)35(9)27(41)45-29(6,7)8)42-15-17-11-18(31-26(40)44-28(3,4)5)23-19(12-17)36(10)34-32-23/h11-14,16H,15H2,1-10H3/p+1. The Labute approximate surface area is 264 Å². The molecule has 0 bridgehead atoms. The molecule has 16 heteroatoms. The molecule has 0 atom stereocenters. The van der Waals surface area contributed by atoms with E-state index in [1.807, 2.05) is 0 Å². The molecule has 0 radical (unpaired) electrons. The molecule has 242 valence electrons. The predicted octanol–water partition coefficient (Wildman–Crippen LogP) is 4.47. The molecule has 4 rings (SSSR count). The summed E-state index contributed by atoms with van der Waals surface area (Å²) in [6.45, 7) is 13.9. The number of amides is 2. The lowest BCUT2D eigenvalue weighted by Crippen LogP contribution is -2.39. The zero-order chi connectivity index (χ0) is 33.4. The SMILES string of the molecule is CC(C)OC(=O)c1cn(OCc2cc(NC(=O)OC(C)(C)C)c3nnn(C)c3c2)c2c(N(C)C(=O)OC(C)(C)C)cc(Cl)n[n+]12. The molecule has 0 aliphatic carbocycles. The van der Waals surface area contributed by atoms with Crippen LogP contribution in [0.4, 0.5) is 21.0 Å². The topological polar surface area (TPSA) is 156 Å². The first kappa shape index (κ1) is 33.2. The van der Waals surface area contributed by atoms with E-state index in [9.17, 15) is 14.4 Å². The Hall–Kier alpha value is -4.66. The van der Waals surface area contributed by atoms with Gasteiger partial charge in [-0.25, -0.2) is 19.1 Å². The van der Waals surface area contributed by atoms with Gasteiger partial charge in [-0.1, -0.05) is 26.4 Å². The van der Waals surface area contributed by atoms with Crippen LogP contribution in [0.3, 0.4) is 0 Å². The quantitative estimate of drug-likeness (QED) is 0.173. The van der Waals surface area contributed by atoms with Gasteiger partial charge in [-0.3, -0.25) is 10.2 Å². The predicted molar refractivity (Wildman–Crippen MR) is 164 cm³/mol. The van der Waals surface area contributed by atoms with Gasteiger partial charge in [0.1, 0.15) is 22.4 Å². The highest BCUT2D eigenvalue weighted by molar-refractivity contribution is 6.29. The van der Waals surface area contributed by atoms with Gasteiger partial charge in [0.05, 0.1) is 17.3 Å². The molecule has 15 nitrogen and oxygen atoms in total. The molecule has 4 aromatic rings. The van der Waals surface area contributed by atoms with Gasteiger partial charge in [-0.05, 0) is 77.8 Å². The normalized spacial score (nSPS) is 12.0. The fraction of sp³-hybridized carbons (Fsp3) is 0.483. The maximum absolute atomic E-state index is 13.1. The molecule has 3 heterocycles. The Balaban J connectivity index is 1.78. The van der Waals surface area contributed by atoms with Gasteiger partial charge in [0.2, 0.25) is 0 Å². The molecule has 2 amide bonds. The third kappa shape index (κ3) is 7.90. The second-order valence-corrected chi connectivity index (χ2v) is 12.9. The first-order valence-corrected chi connectivity index (χ1v) is 14.5. The summed E-state index contributed by atoms with van der Waals surface area (Å²) in [6, 6.07) is 4.93. The highest BCUT2D eigenvalue weighted by Crippen LogP contribution is 2.26. The molecule has 0 saturated carbocycles. The van der Waals surface area contributed by atoms with Gasteiger partial charge in [0.15, 0.2) is 18.0 Å². The highest BCUT2D eigenvalue weighted by atomic mass is 35.5. The Morgan fingerprint density at radius 1 is 1.07 bits per heavy atom. The van der Waals surface area contributed by atoms with Crippen molar-refractivity contribution in [2.24, 2.45) is 7.05 Å². The third-order valence-electron chi connectivity index (χ3n) is 5.92. The van der Waals surface area contributed by atoms with Crippen molar-refractivity contribution >= 4 is 57.8 Å². The van der Waals surface area contributed by atoms with Crippen molar-refractivity contribution in [2.45, 2.75) is 79.3 Å². The van der Waals surface area contributed by atoms with Gasteiger partial charge in [0, 0.05) is 20.2 Å². The van der Waals surface area contributed by atoms with Crippen molar-refractivity contribution in [1.82, 2.24) is 24.8 Å². The van der Waals surface area contributed by atoms with E-state index in [0.717, 1.165) is 0 Å². The van der Waals surface area contributed by atoms with Gasteiger partial charge in [-0.2, -0.15) is 0 Å². The van der Waals surface area contributed by atoms with Crippen LogP contribution in [-0.4, -0.2) is 67.3 Å². The number of nitrogens with zero attached hydrogens (tertiary/aromatic N) is 7. The number of nitrogens with one attached hydrogen (secondary N) is 1. The van der Waals surface area contributed by atoms with E-state index in [4.69, 9.17) is 30.6 Å². The lowest BCUT2D eigenvalue weighted by Gasteiger charge is -2.24. The number of carbonyl (C=O) groups is 3. The van der Waals surface area contributed by atoms with E-state index in [1.54, 1.807) is 79.3 Å². The fourth-order valence-corrected chi connectivity index (χ4v) is 4.35. The second-order valence-electron chi connectivity index (χ2n) is 12.5. The minimum Gasteiger partial charge on any atom is -0.457 e. The summed E-state index contributed by atoms with van der Waals surface area (Å²) >= 11 is 6.36. The van der Waals surface area contributed by atoms with Crippen LogP contribution >= 0.6 is 11.6 Å². The fourth-order valence-electron chi connectivity index (χ4n) is 4.17. The van der Waals surface area contributed by atoms with Crippen molar-refractivity contribution in [2.75, 3.05) is 17.3 Å². The second kappa shape index (κ2) is 12.4. The summed E-state index contributed by atoms with van der Waals surface area (Å²) < 4.78 is 20.5. The number of fused-ring (bicyclic) bond motifs is 2. The number of hydrogen-bond acceptors (Lipinski definition) is 10. The average molecular weight is 646 g/mol. The van der Waals surface area contributed by atoms with Crippen molar-refractivity contribution < 1.29 is 37.9 Å². The minimum atomic E-state index is -0.774. The van der Waals surface area contributed by atoms with Crippen molar-refractivity contribution in [3.05, 3.63) is 40.8 Å². The van der Waals surface area contributed by atoms with Crippen LogP contribution in [0.15, 0.2) is 24.4 Å². The van der Waals surface area contributed by atoms with E-state index in [0.29, 0.717) is 22.3 Å². The number of hydrogen-bond donors (Lipinski definition) is 1. The molecule has 1 aromatic carbocycles. The maximum atomic E-state index is 13.1. The van der Waals surface area contributed by atoms with Crippen LogP contribution in [0.5, 0.6) is 0 Å². The van der Waals surface area contributed by atoms with Crippen LogP contribution < -0.4 is 19.6 Å². The summed E-state index contributed by atoms with van der Waals surface area (Å²) in [5.41, 5.74) is 0.991. The van der Waals surface area contributed by atoms with Crippen LogP contribution in [0.2, 0.25) is 5.15 Å². The molecule has 45 heavy (non-hydrogen) atoms. The summed E-state index contributed by atoms with van der Waals surface area (Å²) in [7, 11) is 3.22. The lowest BCUT2D eigenvalue weighted by atomic mass is 10.1. The molecular weight excluding hydrogens is 608 g/mol. The Morgan fingerprint density at radius 3 is 2.36 bits per heavy atom. The maximum Gasteiger partial charge on any atom is 0.414 e. The van der Waals surface area contributed by atoms with E-state index in [2.05, 4.69) is 20.7 Å². The number of benzene rings is 1. The van der Waals surface area contributed by atoms with Crippen LogP contribution in [-0.2, 0) is 27.9 Å². The van der Waals surface area contributed by atoms with Crippen LogP contribution in [0.25, 0.3) is 16.7 Å². The number of esters is 1. The van der Waals surface area contributed by atoms with E-state index in [1.165, 1.54) is 33.5 Å². The summed E-state index contributed by atoms with van der Waals surface area (Å²) in [5, 5.41) is 15.3. The largest absolute Gasteiger partial charge is 0.457 e.